The topological polar surface area (TPSA) is 53.2 Å². The van der Waals surface area contributed by atoms with Crippen molar-refractivity contribution in [3.63, 3.8) is 0 Å². The number of carbonyl (C=O) groups is 1. The molecule has 0 saturated heterocycles. The molecule has 0 spiro atoms. The lowest BCUT2D eigenvalue weighted by Crippen LogP contribution is -2.44. The molecule has 0 radical (unpaired) electrons. The lowest BCUT2D eigenvalue weighted by molar-refractivity contribution is -0.122. The van der Waals surface area contributed by atoms with Crippen LogP contribution in [0.3, 0.4) is 0 Å². The SMILES string of the molecule is C=C(CNC(=C)[C@H](NC(=O)CCCCC)C(C)C)NC(CC(C)C)C(=C)C(C)C.CC.CCCC. The minimum absolute atomic E-state index is 0.0889. The van der Waals surface area contributed by atoms with Crippen LogP contribution in [0.15, 0.2) is 36.7 Å². The van der Waals surface area contributed by atoms with Crippen LogP contribution in [0, 0.1) is 17.8 Å². The van der Waals surface area contributed by atoms with Crippen molar-refractivity contribution < 1.29 is 4.79 Å². The summed E-state index contributed by atoms with van der Waals surface area (Å²) < 4.78 is 0. The van der Waals surface area contributed by atoms with E-state index >= 15 is 0 Å². The molecule has 0 rings (SSSR count). The predicted octanol–water partition coefficient (Wildman–Crippen LogP) is 8.37. The second-order valence-electron chi connectivity index (χ2n) is 10.3. The molecule has 0 aliphatic rings. The van der Waals surface area contributed by atoms with Crippen molar-refractivity contribution in [1.29, 1.82) is 0 Å². The maximum Gasteiger partial charge on any atom is 0.220 e. The number of hydrogen-bond donors (Lipinski definition) is 3. The van der Waals surface area contributed by atoms with Crippen molar-refractivity contribution in [2.45, 2.75) is 133 Å². The highest BCUT2D eigenvalue weighted by atomic mass is 16.1. The molecule has 208 valence electrons. The van der Waals surface area contributed by atoms with Gasteiger partial charge in [-0.05, 0) is 30.6 Å². The molecule has 3 N–H and O–H groups in total. The van der Waals surface area contributed by atoms with Crippen LogP contribution in [0.1, 0.15) is 121 Å². The molecule has 0 fully saturated rings. The summed E-state index contributed by atoms with van der Waals surface area (Å²) in [4.78, 5) is 12.2. The summed E-state index contributed by atoms with van der Waals surface area (Å²) in [6.45, 7) is 36.7. The first kappa shape index (κ1) is 37.8. The van der Waals surface area contributed by atoms with Crippen molar-refractivity contribution in [3.05, 3.63) is 36.7 Å². The average molecular weight is 494 g/mol. The Morgan fingerprint density at radius 3 is 1.74 bits per heavy atom. The standard InChI is InChI=1S/C25H47N3O.C4H10.C2H6/c1-11-12-13-14-24(29)28-25(19(6)7)22(10)26-16-20(8)27-23(15-17(2)3)21(9)18(4)5;1-3-4-2;1-2/h17-19,23,25-27H,8-16H2,1-7H3,(H,28,29);3-4H2,1-2H3;1-2H3/t23?,25-;;/m1../s1. The Morgan fingerprint density at radius 2 is 1.34 bits per heavy atom. The van der Waals surface area contributed by atoms with E-state index in [2.05, 4.69) is 98.0 Å². The fourth-order valence-electron chi connectivity index (χ4n) is 3.24. The lowest BCUT2D eigenvalue weighted by Gasteiger charge is -2.29. The maximum absolute atomic E-state index is 12.2. The van der Waals surface area contributed by atoms with Crippen molar-refractivity contribution in [1.82, 2.24) is 16.0 Å². The van der Waals surface area contributed by atoms with E-state index in [9.17, 15) is 4.79 Å². The maximum atomic E-state index is 12.2. The highest BCUT2D eigenvalue weighted by Crippen LogP contribution is 2.19. The van der Waals surface area contributed by atoms with E-state index in [0.29, 0.717) is 24.8 Å². The molecule has 0 aliphatic carbocycles. The number of hydrogen-bond acceptors (Lipinski definition) is 3. The van der Waals surface area contributed by atoms with Gasteiger partial charge in [-0.3, -0.25) is 4.79 Å². The quantitative estimate of drug-likeness (QED) is 0.141. The third kappa shape index (κ3) is 21.3. The first-order valence-electron chi connectivity index (χ1n) is 14.3. The van der Waals surface area contributed by atoms with E-state index in [0.717, 1.165) is 37.1 Å². The van der Waals surface area contributed by atoms with E-state index in [-0.39, 0.29) is 23.9 Å². The van der Waals surface area contributed by atoms with Gasteiger partial charge in [-0.25, -0.2) is 0 Å². The van der Waals surface area contributed by atoms with Crippen LogP contribution in [-0.2, 0) is 4.79 Å². The van der Waals surface area contributed by atoms with Crippen molar-refractivity contribution in [2.75, 3.05) is 6.54 Å². The highest BCUT2D eigenvalue weighted by molar-refractivity contribution is 5.76. The van der Waals surface area contributed by atoms with E-state index in [1.54, 1.807) is 0 Å². The summed E-state index contributed by atoms with van der Waals surface area (Å²) >= 11 is 0. The third-order valence-corrected chi connectivity index (χ3v) is 5.67. The molecule has 0 aromatic rings. The number of rotatable bonds is 17. The van der Waals surface area contributed by atoms with E-state index in [4.69, 9.17) is 0 Å². The molecule has 0 aromatic carbocycles. The van der Waals surface area contributed by atoms with Gasteiger partial charge in [-0.2, -0.15) is 0 Å². The van der Waals surface area contributed by atoms with Crippen LogP contribution < -0.4 is 16.0 Å². The zero-order valence-corrected chi connectivity index (χ0v) is 25.6. The van der Waals surface area contributed by atoms with Crippen LogP contribution in [0.2, 0.25) is 0 Å². The van der Waals surface area contributed by atoms with E-state index in [1.165, 1.54) is 18.4 Å². The molecule has 0 saturated carbocycles. The monoisotopic (exact) mass is 493 g/mol. The smallest absolute Gasteiger partial charge is 0.220 e. The molecule has 0 heterocycles. The Kier molecular flexibility index (Phi) is 25.9. The minimum atomic E-state index is -0.0889. The zero-order valence-electron chi connectivity index (χ0n) is 25.6. The molecule has 2 atom stereocenters. The van der Waals surface area contributed by atoms with Gasteiger partial charge in [-0.15, -0.1) is 0 Å². The Hall–Kier alpha value is -1.71. The second-order valence-corrected chi connectivity index (χ2v) is 10.3. The largest absolute Gasteiger partial charge is 0.382 e. The molecule has 1 amide bonds. The zero-order chi connectivity index (χ0) is 28.0. The number of carbonyl (C=O) groups excluding carboxylic acids is 1. The van der Waals surface area contributed by atoms with Gasteiger partial charge in [0.1, 0.15) is 0 Å². The lowest BCUT2D eigenvalue weighted by atomic mass is 9.91. The van der Waals surface area contributed by atoms with Crippen LogP contribution in [0.4, 0.5) is 0 Å². The van der Waals surface area contributed by atoms with Crippen LogP contribution in [0.25, 0.3) is 0 Å². The Morgan fingerprint density at radius 1 is 0.800 bits per heavy atom. The summed E-state index contributed by atoms with van der Waals surface area (Å²) in [5, 5.41) is 10.0. The summed E-state index contributed by atoms with van der Waals surface area (Å²) in [5.74, 6) is 1.37. The number of unbranched alkanes of at least 4 members (excludes halogenated alkanes) is 3. The normalized spacial score (nSPS) is 12.1. The van der Waals surface area contributed by atoms with Gasteiger partial charge in [-0.1, -0.05) is 127 Å². The van der Waals surface area contributed by atoms with Crippen LogP contribution >= 0.6 is 0 Å². The van der Waals surface area contributed by atoms with Gasteiger partial charge in [0.2, 0.25) is 5.91 Å². The second kappa shape index (κ2) is 24.0. The molecule has 35 heavy (non-hydrogen) atoms. The van der Waals surface area contributed by atoms with Gasteiger partial charge in [0.05, 0.1) is 12.6 Å². The van der Waals surface area contributed by atoms with Crippen molar-refractivity contribution >= 4 is 5.91 Å². The van der Waals surface area contributed by atoms with Gasteiger partial charge >= 0.3 is 0 Å². The summed E-state index contributed by atoms with van der Waals surface area (Å²) in [7, 11) is 0. The first-order valence-corrected chi connectivity index (χ1v) is 14.3. The summed E-state index contributed by atoms with van der Waals surface area (Å²) in [6, 6.07) is 0.130. The fourth-order valence-corrected chi connectivity index (χ4v) is 3.24. The first-order chi connectivity index (χ1) is 16.4. The number of nitrogens with one attached hydrogen (secondary N) is 3. The highest BCUT2D eigenvalue weighted by Gasteiger charge is 2.20. The Balaban J connectivity index is -0.00000153. The molecule has 1 unspecified atom stereocenters. The Bertz CT molecular complexity index is 562. The Labute approximate surface area is 220 Å². The van der Waals surface area contributed by atoms with Gasteiger partial charge < -0.3 is 16.0 Å². The molecule has 4 nitrogen and oxygen atoms in total. The molecular formula is C31H63N3O. The summed E-state index contributed by atoms with van der Waals surface area (Å²) in [6.07, 6.45) is 7.38. The van der Waals surface area contributed by atoms with Gasteiger partial charge in [0, 0.05) is 23.9 Å². The fraction of sp³-hybridized carbons (Fsp3) is 0.774. The predicted molar refractivity (Wildman–Crippen MR) is 159 cm³/mol. The minimum Gasteiger partial charge on any atom is -0.382 e. The molecule has 0 bridgehead atoms. The third-order valence-electron chi connectivity index (χ3n) is 5.67. The van der Waals surface area contributed by atoms with Crippen LogP contribution in [0.5, 0.6) is 0 Å². The molecule has 4 heteroatoms. The van der Waals surface area contributed by atoms with E-state index in [1.807, 2.05) is 13.8 Å². The van der Waals surface area contributed by atoms with Crippen LogP contribution in [-0.4, -0.2) is 24.5 Å². The molecule has 0 aliphatic heterocycles. The number of amides is 1. The van der Waals surface area contributed by atoms with Crippen molar-refractivity contribution in [2.24, 2.45) is 17.8 Å². The average Bonchev–Trinajstić information content (AvgIpc) is 2.81. The van der Waals surface area contributed by atoms with E-state index < -0.39 is 0 Å². The van der Waals surface area contributed by atoms with Crippen molar-refractivity contribution in [3.8, 4) is 0 Å². The van der Waals surface area contributed by atoms with Gasteiger partial charge in [0.25, 0.3) is 0 Å². The van der Waals surface area contributed by atoms with Gasteiger partial charge in [0.15, 0.2) is 0 Å². The summed E-state index contributed by atoms with van der Waals surface area (Å²) in [5.41, 5.74) is 2.95. The molecule has 0 aromatic heterocycles. The molecular weight excluding hydrogens is 430 g/mol.